The van der Waals surface area contributed by atoms with Gasteiger partial charge < -0.3 is 4.90 Å². The monoisotopic (exact) mass is 366 g/mol. The van der Waals surface area contributed by atoms with Crippen LogP contribution in [0.1, 0.15) is 12.0 Å². The maximum atomic E-state index is 12.0. The summed E-state index contributed by atoms with van der Waals surface area (Å²) >= 11 is 0. The zero-order valence-electron chi connectivity index (χ0n) is 15.4. The Hall–Kier alpha value is -2.86. The van der Waals surface area contributed by atoms with E-state index >= 15 is 0 Å². The molecule has 6 heteroatoms. The van der Waals surface area contributed by atoms with Crippen molar-refractivity contribution >= 4 is 17.5 Å². The van der Waals surface area contributed by atoms with Crippen LogP contribution in [0.5, 0.6) is 0 Å². The van der Waals surface area contributed by atoms with Gasteiger partial charge in [-0.15, -0.1) is 0 Å². The van der Waals surface area contributed by atoms with Crippen LogP contribution in [0.4, 0.5) is 5.69 Å². The van der Waals surface area contributed by atoms with Crippen LogP contribution in [0.3, 0.4) is 0 Å². The smallest absolute Gasteiger partial charge is 0.242 e. The molecule has 0 radical (unpaired) electrons. The zero-order chi connectivity index (χ0) is 18.9. The second-order valence-electron chi connectivity index (χ2n) is 6.67. The van der Waals surface area contributed by atoms with Crippen molar-refractivity contribution in [1.82, 2.24) is 15.8 Å². The largest absolute Gasteiger partial charge is 0.369 e. The van der Waals surface area contributed by atoms with Gasteiger partial charge in [0.25, 0.3) is 0 Å². The summed E-state index contributed by atoms with van der Waals surface area (Å²) in [5.74, 6) is -0.382. The molecule has 6 nitrogen and oxygen atoms in total. The fourth-order valence-electron chi connectivity index (χ4n) is 3.16. The molecule has 0 bridgehead atoms. The highest BCUT2D eigenvalue weighted by molar-refractivity contribution is 5.83. The molecule has 2 aromatic carbocycles. The lowest BCUT2D eigenvalue weighted by atomic mass is 10.1. The Labute approximate surface area is 160 Å². The number of para-hydroxylation sites is 1. The summed E-state index contributed by atoms with van der Waals surface area (Å²) in [6.45, 7) is 4.48. The van der Waals surface area contributed by atoms with Crippen molar-refractivity contribution in [3.63, 3.8) is 0 Å². The minimum Gasteiger partial charge on any atom is -0.369 e. The molecule has 1 fully saturated rings. The number of anilines is 1. The minimum atomic E-state index is -0.217. The number of amides is 2. The number of piperazine rings is 1. The number of nitrogens with zero attached hydrogens (tertiary/aromatic N) is 2. The average molecular weight is 366 g/mol. The van der Waals surface area contributed by atoms with E-state index < -0.39 is 0 Å². The third-order valence-corrected chi connectivity index (χ3v) is 4.70. The van der Waals surface area contributed by atoms with Gasteiger partial charge in [0, 0.05) is 44.8 Å². The Balaban J connectivity index is 1.31. The lowest BCUT2D eigenvalue weighted by Gasteiger charge is -2.36. The summed E-state index contributed by atoms with van der Waals surface area (Å²) in [7, 11) is 0. The Morgan fingerprint density at radius 2 is 1.37 bits per heavy atom. The first-order chi connectivity index (χ1) is 13.2. The van der Waals surface area contributed by atoms with Gasteiger partial charge in [0.15, 0.2) is 0 Å². The van der Waals surface area contributed by atoms with Crippen LogP contribution in [-0.4, -0.2) is 49.4 Å². The topological polar surface area (TPSA) is 64.7 Å². The summed E-state index contributed by atoms with van der Waals surface area (Å²) in [6.07, 6.45) is 0.625. The minimum absolute atomic E-state index is 0.165. The van der Waals surface area contributed by atoms with E-state index in [0.717, 1.165) is 31.7 Å². The predicted octanol–water partition coefficient (Wildman–Crippen LogP) is 1.59. The van der Waals surface area contributed by atoms with Crippen molar-refractivity contribution in [2.45, 2.75) is 12.8 Å². The van der Waals surface area contributed by atoms with E-state index in [1.54, 1.807) is 0 Å². The van der Waals surface area contributed by atoms with E-state index in [1.807, 2.05) is 36.4 Å². The van der Waals surface area contributed by atoms with E-state index in [2.05, 4.69) is 44.9 Å². The van der Waals surface area contributed by atoms with Crippen LogP contribution in [0.15, 0.2) is 60.7 Å². The highest BCUT2D eigenvalue weighted by Gasteiger charge is 2.17. The highest BCUT2D eigenvalue weighted by atomic mass is 16.2. The molecule has 3 rings (SSSR count). The summed E-state index contributed by atoms with van der Waals surface area (Å²) in [6, 6.07) is 19.8. The van der Waals surface area contributed by atoms with Crippen molar-refractivity contribution in [1.29, 1.82) is 0 Å². The molecule has 1 saturated heterocycles. The number of benzene rings is 2. The number of carbonyl (C=O) groups is 2. The normalized spacial score (nSPS) is 14.6. The fraction of sp³-hybridized carbons (Fsp3) is 0.333. The first-order valence-corrected chi connectivity index (χ1v) is 9.35. The van der Waals surface area contributed by atoms with Gasteiger partial charge in [-0.3, -0.25) is 25.3 Å². The fourth-order valence-corrected chi connectivity index (χ4v) is 3.16. The Morgan fingerprint density at radius 1 is 0.778 bits per heavy atom. The summed E-state index contributed by atoms with van der Waals surface area (Å²) in [4.78, 5) is 28.5. The maximum Gasteiger partial charge on any atom is 0.242 e. The molecular formula is C21H26N4O2. The third kappa shape index (κ3) is 6.11. The van der Waals surface area contributed by atoms with Gasteiger partial charge in [0.1, 0.15) is 0 Å². The maximum absolute atomic E-state index is 12.0. The first kappa shape index (κ1) is 18.9. The van der Waals surface area contributed by atoms with Crippen LogP contribution < -0.4 is 15.8 Å². The van der Waals surface area contributed by atoms with E-state index in [9.17, 15) is 9.59 Å². The third-order valence-electron chi connectivity index (χ3n) is 4.70. The SMILES string of the molecule is O=C(CCN1CCN(c2ccccc2)CC1)NNC(=O)Cc1ccccc1. The van der Waals surface area contributed by atoms with Crippen molar-refractivity contribution < 1.29 is 9.59 Å². The van der Waals surface area contributed by atoms with Gasteiger partial charge in [-0.2, -0.15) is 0 Å². The molecule has 0 spiro atoms. The molecule has 2 N–H and O–H groups in total. The molecule has 27 heavy (non-hydrogen) atoms. The van der Waals surface area contributed by atoms with Crippen LogP contribution in [0.2, 0.25) is 0 Å². The molecule has 2 aromatic rings. The van der Waals surface area contributed by atoms with Crippen molar-refractivity contribution in [3.05, 3.63) is 66.2 Å². The van der Waals surface area contributed by atoms with Gasteiger partial charge in [-0.05, 0) is 17.7 Å². The molecule has 1 aliphatic heterocycles. The summed E-state index contributed by atoms with van der Waals surface area (Å²) < 4.78 is 0. The number of rotatable bonds is 6. The molecule has 1 heterocycles. The highest BCUT2D eigenvalue weighted by Crippen LogP contribution is 2.15. The van der Waals surface area contributed by atoms with Crippen molar-refractivity contribution in [2.24, 2.45) is 0 Å². The van der Waals surface area contributed by atoms with E-state index in [-0.39, 0.29) is 18.2 Å². The second kappa shape index (κ2) is 9.73. The quantitative estimate of drug-likeness (QED) is 0.762. The lowest BCUT2D eigenvalue weighted by Crippen LogP contribution is -2.48. The zero-order valence-corrected chi connectivity index (χ0v) is 15.4. The average Bonchev–Trinajstić information content (AvgIpc) is 2.72. The lowest BCUT2D eigenvalue weighted by molar-refractivity contribution is -0.128. The molecule has 2 amide bonds. The van der Waals surface area contributed by atoms with Crippen molar-refractivity contribution in [2.75, 3.05) is 37.6 Å². The van der Waals surface area contributed by atoms with E-state index in [1.165, 1.54) is 5.69 Å². The molecule has 0 saturated carbocycles. The van der Waals surface area contributed by atoms with Crippen LogP contribution >= 0.6 is 0 Å². The predicted molar refractivity (Wildman–Crippen MR) is 106 cm³/mol. The van der Waals surface area contributed by atoms with Gasteiger partial charge in [0.2, 0.25) is 11.8 Å². The first-order valence-electron chi connectivity index (χ1n) is 9.35. The second-order valence-corrected chi connectivity index (χ2v) is 6.67. The standard InChI is InChI=1S/C21H26N4O2/c26-20(22-23-21(27)17-18-7-3-1-4-8-18)11-12-24-13-15-25(16-14-24)19-9-5-2-6-10-19/h1-10H,11-17H2,(H,22,26)(H,23,27). The van der Waals surface area contributed by atoms with Crippen LogP contribution in [0, 0.1) is 0 Å². The molecule has 1 aliphatic rings. The number of hydrazine groups is 1. The van der Waals surface area contributed by atoms with Gasteiger partial charge in [-0.1, -0.05) is 48.5 Å². The van der Waals surface area contributed by atoms with Crippen LogP contribution in [0.25, 0.3) is 0 Å². The summed E-state index contributed by atoms with van der Waals surface area (Å²) in [5, 5.41) is 0. The Bertz CT molecular complexity index is 728. The van der Waals surface area contributed by atoms with Crippen molar-refractivity contribution in [3.8, 4) is 0 Å². The Kier molecular flexibility index (Phi) is 6.82. The number of hydrogen-bond donors (Lipinski definition) is 2. The number of nitrogens with one attached hydrogen (secondary N) is 2. The van der Waals surface area contributed by atoms with Gasteiger partial charge in [0.05, 0.1) is 6.42 Å². The molecular weight excluding hydrogens is 340 g/mol. The van der Waals surface area contributed by atoms with Gasteiger partial charge >= 0.3 is 0 Å². The molecule has 0 aliphatic carbocycles. The number of carbonyl (C=O) groups excluding carboxylic acids is 2. The summed E-state index contributed by atoms with van der Waals surface area (Å²) in [5.41, 5.74) is 7.15. The Morgan fingerprint density at radius 3 is 2.04 bits per heavy atom. The molecule has 0 unspecified atom stereocenters. The molecule has 142 valence electrons. The molecule has 0 aromatic heterocycles. The van der Waals surface area contributed by atoms with E-state index in [4.69, 9.17) is 0 Å². The van der Waals surface area contributed by atoms with E-state index in [0.29, 0.717) is 13.0 Å². The molecule has 0 atom stereocenters. The van der Waals surface area contributed by atoms with Crippen LogP contribution in [-0.2, 0) is 16.0 Å². The van der Waals surface area contributed by atoms with Gasteiger partial charge in [-0.25, -0.2) is 0 Å². The number of hydrogen-bond acceptors (Lipinski definition) is 4.